The number of rotatable bonds is 4. The van der Waals surface area contributed by atoms with Gasteiger partial charge in [-0.25, -0.2) is 0 Å². The SMILES string of the molecule is CN(CCS)Cc1ccc(N)cc1. The molecule has 1 rings (SSSR count). The Bertz CT molecular complexity index is 246. The lowest BCUT2D eigenvalue weighted by Gasteiger charge is -2.14. The summed E-state index contributed by atoms with van der Waals surface area (Å²) in [5.74, 6) is 0.894. The first-order valence-corrected chi connectivity index (χ1v) is 4.99. The van der Waals surface area contributed by atoms with Gasteiger partial charge in [-0.3, -0.25) is 0 Å². The molecule has 0 aliphatic heterocycles. The van der Waals surface area contributed by atoms with Crippen molar-refractivity contribution >= 4 is 18.3 Å². The third-order valence-corrected chi connectivity index (χ3v) is 2.11. The van der Waals surface area contributed by atoms with Crippen molar-refractivity contribution in [2.24, 2.45) is 0 Å². The quantitative estimate of drug-likeness (QED) is 0.566. The molecule has 72 valence electrons. The topological polar surface area (TPSA) is 29.3 Å². The van der Waals surface area contributed by atoms with Crippen LogP contribution in [0.2, 0.25) is 0 Å². The minimum Gasteiger partial charge on any atom is -0.399 e. The second-order valence-electron chi connectivity index (χ2n) is 3.20. The summed E-state index contributed by atoms with van der Waals surface area (Å²) in [6, 6.07) is 7.99. The smallest absolute Gasteiger partial charge is 0.0314 e. The van der Waals surface area contributed by atoms with Crippen molar-refractivity contribution < 1.29 is 0 Å². The van der Waals surface area contributed by atoms with Crippen molar-refractivity contribution in [2.45, 2.75) is 6.54 Å². The first kappa shape index (κ1) is 10.4. The Hall–Kier alpha value is -0.670. The average molecular weight is 196 g/mol. The molecule has 0 saturated carbocycles. The fraction of sp³-hybridized carbons (Fsp3) is 0.400. The molecule has 0 bridgehead atoms. The number of thiol groups is 1. The van der Waals surface area contributed by atoms with Crippen LogP contribution >= 0.6 is 12.6 Å². The Labute approximate surface area is 85.1 Å². The minimum atomic E-state index is 0.820. The first-order chi connectivity index (χ1) is 6.22. The maximum Gasteiger partial charge on any atom is 0.0314 e. The number of hydrogen-bond donors (Lipinski definition) is 2. The van der Waals surface area contributed by atoms with E-state index in [0.717, 1.165) is 24.5 Å². The van der Waals surface area contributed by atoms with Gasteiger partial charge in [-0.1, -0.05) is 12.1 Å². The summed E-state index contributed by atoms with van der Waals surface area (Å²) in [4.78, 5) is 2.23. The van der Waals surface area contributed by atoms with E-state index in [2.05, 4.69) is 36.7 Å². The third kappa shape index (κ3) is 3.70. The average Bonchev–Trinajstić information content (AvgIpc) is 2.09. The highest BCUT2D eigenvalue weighted by molar-refractivity contribution is 7.80. The van der Waals surface area contributed by atoms with Crippen LogP contribution in [0.25, 0.3) is 0 Å². The monoisotopic (exact) mass is 196 g/mol. The van der Waals surface area contributed by atoms with Gasteiger partial charge in [-0.15, -0.1) is 0 Å². The van der Waals surface area contributed by atoms with Crippen LogP contribution in [0.1, 0.15) is 5.56 Å². The number of nitrogens with two attached hydrogens (primary N) is 1. The van der Waals surface area contributed by atoms with Crippen molar-refractivity contribution in [3.63, 3.8) is 0 Å². The van der Waals surface area contributed by atoms with E-state index < -0.39 is 0 Å². The molecule has 0 spiro atoms. The molecule has 0 radical (unpaired) electrons. The highest BCUT2D eigenvalue weighted by atomic mass is 32.1. The standard InChI is InChI=1S/C10H16N2S/c1-12(6-7-13)8-9-2-4-10(11)5-3-9/h2-5,13H,6-8,11H2,1H3. The molecule has 0 saturated heterocycles. The molecular weight excluding hydrogens is 180 g/mol. The largest absolute Gasteiger partial charge is 0.399 e. The maximum absolute atomic E-state index is 5.59. The normalized spacial score (nSPS) is 10.7. The molecule has 0 unspecified atom stereocenters. The number of hydrogen-bond acceptors (Lipinski definition) is 3. The first-order valence-electron chi connectivity index (χ1n) is 4.36. The van der Waals surface area contributed by atoms with Crippen molar-refractivity contribution in [3.8, 4) is 0 Å². The summed E-state index contributed by atoms with van der Waals surface area (Å²) < 4.78 is 0. The Morgan fingerprint density at radius 1 is 1.31 bits per heavy atom. The molecule has 0 aliphatic rings. The summed E-state index contributed by atoms with van der Waals surface area (Å²) >= 11 is 4.18. The molecule has 2 N–H and O–H groups in total. The van der Waals surface area contributed by atoms with Crippen molar-refractivity contribution in [2.75, 3.05) is 25.1 Å². The van der Waals surface area contributed by atoms with E-state index >= 15 is 0 Å². The van der Waals surface area contributed by atoms with Crippen LogP contribution < -0.4 is 5.73 Å². The van der Waals surface area contributed by atoms with Crippen molar-refractivity contribution in [1.82, 2.24) is 4.90 Å². The van der Waals surface area contributed by atoms with Gasteiger partial charge in [0, 0.05) is 24.5 Å². The van der Waals surface area contributed by atoms with Gasteiger partial charge in [0.05, 0.1) is 0 Å². The van der Waals surface area contributed by atoms with E-state index in [4.69, 9.17) is 5.73 Å². The van der Waals surface area contributed by atoms with Gasteiger partial charge in [0.15, 0.2) is 0 Å². The number of nitrogens with zero attached hydrogens (tertiary/aromatic N) is 1. The molecule has 0 aromatic heterocycles. The number of anilines is 1. The zero-order valence-corrected chi connectivity index (χ0v) is 8.80. The number of nitrogen functional groups attached to an aromatic ring is 1. The van der Waals surface area contributed by atoms with E-state index in [0.29, 0.717) is 0 Å². The zero-order valence-electron chi connectivity index (χ0n) is 7.90. The highest BCUT2D eigenvalue weighted by Crippen LogP contribution is 2.07. The zero-order chi connectivity index (χ0) is 9.68. The molecule has 0 atom stereocenters. The molecule has 0 aliphatic carbocycles. The van der Waals surface area contributed by atoms with E-state index in [-0.39, 0.29) is 0 Å². The summed E-state index contributed by atoms with van der Waals surface area (Å²) in [7, 11) is 2.09. The van der Waals surface area contributed by atoms with Crippen LogP contribution in [0, 0.1) is 0 Å². The van der Waals surface area contributed by atoms with Gasteiger partial charge in [0.25, 0.3) is 0 Å². The van der Waals surface area contributed by atoms with Gasteiger partial charge in [0.1, 0.15) is 0 Å². The second kappa shape index (κ2) is 5.14. The van der Waals surface area contributed by atoms with E-state index in [9.17, 15) is 0 Å². The second-order valence-corrected chi connectivity index (χ2v) is 3.65. The fourth-order valence-electron chi connectivity index (χ4n) is 1.18. The summed E-state index contributed by atoms with van der Waals surface area (Å²) in [5, 5.41) is 0. The Morgan fingerprint density at radius 2 is 1.92 bits per heavy atom. The van der Waals surface area contributed by atoms with E-state index in [1.807, 2.05) is 12.1 Å². The Morgan fingerprint density at radius 3 is 2.46 bits per heavy atom. The third-order valence-electron chi connectivity index (χ3n) is 1.91. The van der Waals surface area contributed by atoms with Crippen molar-refractivity contribution in [3.05, 3.63) is 29.8 Å². The maximum atomic E-state index is 5.59. The van der Waals surface area contributed by atoms with Gasteiger partial charge in [-0.2, -0.15) is 12.6 Å². The molecule has 2 nitrogen and oxygen atoms in total. The highest BCUT2D eigenvalue weighted by Gasteiger charge is 1.98. The lowest BCUT2D eigenvalue weighted by Crippen LogP contribution is -2.19. The Balaban J connectivity index is 2.49. The Kier molecular flexibility index (Phi) is 4.12. The van der Waals surface area contributed by atoms with Gasteiger partial charge >= 0.3 is 0 Å². The molecule has 1 aromatic carbocycles. The summed E-state index contributed by atoms with van der Waals surface area (Å²) in [6.45, 7) is 1.97. The van der Waals surface area contributed by atoms with Crippen LogP contribution in [0.4, 0.5) is 5.69 Å². The van der Waals surface area contributed by atoms with Gasteiger partial charge < -0.3 is 10.6 Å². The van der Waals surface area contributed by atoms with Crippen LogP contribution in [0.15, 0.2) is 24.3 Å². The summed E-state index contributed by atoms with van der Waals surface area (Å²) in [6.07, 6.45) is 0. The van der Waals surface area contributed by atoms with Crippen LogP contribution in [0.5, 0.6) is 0 Å². The van der Waals surface area contributed by atoms with E-state index in [1.54, 1.807) is 0 Å². The predicted molar refractivity (Wildman–Crippen MR) is 61.0 cm³/mol. The van der Waals surface area contributed by atoms with Crippen LogP contribution in [0.3, 0.4) is 0 Å². The predicted octanol–water partition coefficient (Wildman–Crippen LogP) is 1.63. The molecule has 0 amide bonds. The molecule has 0 heterocycles. The lowest BCUT2D eigenvalue weighted by atomic mass is 10.2. The molecule has 1 aromatic rings. The van der Waals surface area contributed by atoms with E-state index in [1.165, 1.54) is 5.56 Å². The van der Waals surface area contributed by atoms with Crippen LogP contribution in [-0.2, 0) is 6.54 Å². The molecule has 0 fully saturated rings. The molecule has 13 heavy (non-hydrogen) atoms. The fourth-order valence-corrected chi connectivity index (χ4v) is 1.53. The number of benzene rings is 1. The minimum absolute atomic E-state index is 0.820. The summed E-state index contributed by atoms with van der Waals surface area (Å²) in [5.41, 5.74) is 7.70. The van der Waals surface area contributed by atoms with Gasteiger partial charge in [-0.05, 0) is 24.7 Å². The van der Waals surface area contributed by atoms with Gasteiger partial charge in [0.2, 0.25) is 0 Å². The molecular formula is C10H16N2S. The lowest BCUT2D eigenvalue weighted by molar-refractivity contribution is 0.349. The van der Waals surface area contributed by atoms with Crippen molar-refractivity contribution in [1.29, 1.82) is 0 Å². The molecule has 3 heteroatoms. The van der Waals surface area contributed by atoms with Crippen LogP contribution in [-0.4, -0.2) is 24.2 Å².